The van der Waals surface area contributed by atoms with E-state index in [-0.39, 0.29) is 42.1 Å². The van der Waals surface area contributed by atoms with E-state index in [0.717, 1.165) is 4.68 Å². The molecular weight excluding hydrogens is 466 g/mol. The minimum absolute atomic E-state index is 0.0114. The Kier molecular flexibility index (Phi) is 5.54. The number of nitrogens with zero attached hydrogens (tertiary/aromatic N) is 5. The Hall–Kier alpha value is -4.15. The van der Waals surface area contributed by atoms with Crippen LogP contribution in [0.5, 0.6) is 5.75 Å². The molecule has 0 N–H and O–H groups in total. The number of ether oxygens (including phenoxy) is 1. The average Bonchev–Trinajstić information content (AvgIpc) is 3.47. The Morgan fingerprint density at radius 3 is 2.43 bits per heavy atom. The number of aromatic nitrogens is 4. The second-order valence-electron chi connectivity index (χ2n) is 7.98. The van der Waals surface area contributed by atoms with Crippen LogP contribution in [-0.4, -0.2) is 45.3 Å². The molecule has 1 aliphatic rings. The van der Waals surface area contributed by atoms with Gasteiger partial charge in [-0.05, 0) is 42.8 Å². The summed E-state index contributed by atoms with van der Waals surface area (Å²) in [7, 11) is 1.47. The van der Waals surface area contributed by atoms with Gasteiger partial charge in [-0.25, -0.2) is 14.1 Å². The number of hydrogen-bond acceptors (Lipinski definition) is 5. The predicted octanol–water partition coefficient (Wildman–Crippen LogP) is 4.47. The molecule has 1 aliphatic heterocycles. The summed E-state index contributed by atoms with van der Waals surface area (Å²) >= 11 is 0. The van der Waals surface area contributed by atoms with E-state index in [1.807, 2.05) is 0 Å². The number of Topliss-reactive ketones (excluding diaryl/α,β-unsaturated/α-hetero) is 1. The Balaban J connectivity index is 1.53. The maximum absolute atomic E-state index is 15.0. The Labute approximate surface area is 197 Å². The van der Waals surface area contributed by atoms with Crippen LogP contribution in [0.15, 0.2) is 61.2 Å². The van der Waals surface area contributed by atoms with Crippen LogP contribution in [0.25, 0.3) is 11.4 Å². The fourth-order valence-corrected chi connectivity index (χ4v) is 4.22. The van der Waals surface area contributed by atoms with Crippen molar-refractivity contribution < 1.29 is 27.1 Å². The normalized spacial score (nSPS) is 14.1. The monoisotopic (exact) mass is 485 g/mol. The van der Waals surface area contributed by atoms with E-state index in [0.29, 0.717) is 11.4 Å². The van der Waals surface area contributed by atoms with Gasteiger partial charge in [-0.2, -0.15) is 18.3 Å². The summed E-state index contributed by atoms with van der Waals surface area (Å²) in [4.78, 5) is 18.7. The number of ketones is 1. The Morgan fingerprint density at radius 1 is 1.06 bits per heavy atom. The molecule has 2 aromatic heterocycles. The molecule has 0 unspecified atom stereocenters. The number of imidazole rings is 1. The molecule has 0 saturated carbocycles. The summed E-state index contributed by atoms with van der Waals surface area (Å²) in [5, 5.41) is 3.77. The minimum Gasteiger partial charge on any atom is -0.497 e. The lowest BCUT2D eigenvalue weighted by molar-refractivity contribution is -0.141. The van der Waals surface area contributed by atoms with E-state index in [1.165, 1.54) is 42.6 Å². The number of carbonyl (C=O) groups is 1. The van der Waals surface area contributed by atoms with Crippen molar-refractivity contribution in [2.75, 3.05) is 25.1 Å². The molecule has 2 aromatic carbocycles. The summed E-state index contributed by atoms with van der Waals surface area (Å²) in [5.41, 5.74) is -0.520. The third kappa shape index (κ3) is 4.13. The molecule has 5 rings (SSSR count). The standard InChI is InChI=1S/C24H19F4N5O2/c1-35-17-5-2-15(3-6-17)33-22-18(23(30-33)24(26,27)28)8-10-31(13-21(22)34)20-7-4-16(12-19(20)25)32-11-9-29-14-32/h2-7,9,11-12,14H,8,10,13H2,1H3. The average molecular weight is 485 g/mol. The summed E-state index contributed by atoms with van der Waals surface area (Å²) in [6.45, 7) is -0.287. The van der Waals surface area contributed by atoms with Crippen molar-refractivity contribution in [3.05, 3.63) is 84.0 Å². The number of halogens is 4. The van der Waals surface area contributed by atoms with E-state index in [9.17, 15) is 18.0 Å². The molecule has 180 valence electrons. The molecule has 0 atom stereocenters. The van der Waals surface area contributed by atoms with Crippen LogP contribution in [-0.2, 0) is 12.6 Å². The highest BCUT2D eigenvalue weighted by Gasteiger charge is 2.41. The van der Waals surface area contributed by atoms with Gasteiger partial charge in [0.15, 0.2) is 5.69 Å². The molecule has 0 bridgehead atoms. The molecule has 4 aromatic rings. The van der Waals surface area contributed by atoms with E-state index >= 15 is 4.39 Å². The van der Waals surface area contributed by atoms with Gasteiger partial charge in [-0.15, -0.1) is 0 Å². The number of fused-ring (bicyclic) bond motifs is 1. The first kappa shape index (κ1) is 22.6. The van der Waals surface area contributed by atoms with Crippen LogP contribution in [0, 0.1) is 5.82 Å². The van der Waals surface area contributed by atoms with E-state index in [4.69, 9.17) is 4.74 Å². The van der Waals surface area contributed by atoms with Crippen molar-refractivity contribution in [2.24, 2.45) is 0 Å². The van der Waals surface area contributed by atoms with Crippen LogP contribution in [0.2, 0.25) is 0 Å². The van der Waals surface area contributed by atoms with Gasteiger partial charge in [-0.1, -0.05) is 0 Å². The van der Waals surface area contributed by atoms with Crippen LogP contribution >= 0.6 is 0 Å². The number of hydrogen-bond donors (Lipinski definition) is 0. The fraction of sp³-hybridized carbons (Fsp3) is 0.208. The van der Waals surface area contributed by atoms with Crippen molar-refractivity contribution in [1.82, 2.24) is 19.3 Å². The van der Waals surface area contributed by atoms with Crippen molar-refractivity contribution in [3.8, 4) is 17.1 Å². The number of anilines is 1. The van der Waals surface area contributed by atoms with Crippen LogP contribution in [0.1, 0.15) is 21.7 Å². The van der Waals surface area contributed by atoms with E-state index < -0.39 is 23.5 Å². The largest absolute Gasteiger partial charge is 0.497 e. The second kappa shape index (κ2) is 8.57. The third-order valence-corrected chi connectivity index (χ3v) is 5.87. The number of alkyl halides is 3. The van der Waals surface area contributed by atoms with Crippen molar-refractivity contribution in [1.29, 1.82) is 0 Å². The minimum atomic E-state index is -4.76. The SMILES string of the molecule is COc1ccc(-n2nc(C(F)(F)F)c3c2C(=O)CN(c2ccc(-n4ccnc4)cc2F)CC3)cc1. The first-order valence-corrected chi connectivity index (χ1v) is 10.7. The number of benzene rings is 2. The zero-order valence-electron chi connectivity index (χ0n) is 18.5. The fourth-order valence-electron chi connectivity index (χ4n) is 4.22. The van der Waals surface area contributed by atoms with E-state index in [1.54, 1.807) is 35.2 Å². The molecular formula is C24H19F4N5O2. The maximum Gasteiger partial charge on any atom is 0.435 e. The van der Waals surface area contributed by atoms with Gasteiger partial charge in [-0.3, -0.25) is 4.79 Å². The Morgan fingerprint density at radius 2 is 1.80 bits per heavy atom. The molecule has 35 heavy (non-hydrogen) atoms. The van der Waals surface area contributed by atoms with Crippen molar-refractivity contribution >= 4 is 11.5 Å². The molecule has 0 saturated heterocycles. The highest BCUT2D eigenvalue weighted by atomic mass is 19.4. The van der Waals surface area contributed by atoms with Gasteiger partial charge in [0, 0.05) is 36.3 Å². The number of rotatable bonds is 4. The smallest absolute Gasteiger partial charge is 0.435 e. The molecule has 3 heterocycles. The van der Waals surface area contributed by atoms with Crippen LogP contribution in [0.4, 0.5) is 23.2 Å². The zero-order valence-corrected chi connectivity index (χ0v) is 18.5. The zero-order chi connectivity index (χ0) is 24.7. The molecule has 0 amide bonds. The quantitative estimate of drug-likeness (QED) is 0.399. The molecule has 0 aliphatic carbocycles. The molecule has 0 radical (unpaired) electrons. The van der Waals surface area contributed by atoms with Gasteiger partial charge in [0.25, 0.3) is 0 Å². The maximum atomic E-state index is 15.0. The summed E-state index contributed by atoms with van der Waals surface area (Å²) in [5.74, 6) is -0.674. The van der Waals surface area contributed by atoms with Gasteiger partial charge >= 0.3 is 6.18 Å². The van der Waals surface area contributed by atoms with Gasteiger partial charge < -0.3 is 14.2 Å². The van der Waals surface area contributed by atoms with Crippen LogP contribution < -0.4 is 9.64 Å². The third-order valence-electron chi connectivity index (χ3n) is 5.87. The first-order valence-electron chi connectivity index (χ1n) is 10.7. The molecule has 0 spiro atoms. The lowest BCUT2D eigenvalue weighted by atomic mass is 10.1. The summed E-state index contributed by atoms with van der Waals surface area (Å²) < 4.78 is 64.3. The summed E-state index contributed by atoms with van der Waals surface area (Å²) in [6, 6.07) is 10.6. The Bertz CT molecular complexity index is 1380. The molecule has 0 fully saturated rings. The van der Waals surface area contributed by atoms with Crippen molar-refractivity contribution in [2.45, 2.75) is 12.6 Å². The second-order valence-corrected chi connectivity index (χ2v) is 7.98. The van der Waals surface area contributed by atoms with Gasteiger partial charge in [0.1, 0.15) is 17.3 Å². The van der Waals surface area contributed by atoms with Gasteiger partial charge in [0.2, 0.25) is 5.78 Å². The van der Waals surface area contributed by atoms with Crippen LogP contribution in [0.3, 0.4) is 0 Å². The highest BCUT2D eigenvalue weighted by Crippen LogP contribution is 2.36. The van der Waals surface area contributed by atoms with Crippen molar-refractivity contribution in [3.63, 3.8) is 0 Å². The van der Waals surface area contributed by atoms with E-state index in [2.05, 4.69) is 10.1 Å². The number of methoxy groups -OCH3 is 1. The first-order chi connectivity index (χ1) is 16.8. The van der Waals surface area contributed by atoms with Gasteiger partial charge in [0.05, 0.1) is 31.4 Å². The summed E-state index contributed by atoms with van der Waals surface area (Å²) in [6.07, 6.45) is -0.154. The molecule has 11 heteroatoms. The lowest BCUT2D eigenvalue weighted by Crippen LogP contribution is -2.31. The predicted molar refractivity (Wildman–Crippen MR) is 119 cm³/mol. The lowest BCUT2D eigenvalue weighted by Gasteiger charge is -2.23. The number of carbonyl (C=O) groups excluding carboxylic acids is 1. The highest BCUT2D eigenvalue weighted by molar-refractivity contribution is 6.00. The topological polar surface area (TPSA) is 65.2 Å². The molecule has 7 nitrogen and oxygen atoms in total.